The van der Waals surface area contributed by atoms with Crippen LogP contribution in [0.4, 0.5) is 0 Å². The molecule has 3 aromatic rings. The molecule has 3 rings (SSSR count). The predicted molar refractivity (Wildman–Crippen MR) is 109 cm³/mol. The van der Waals surface area contributed by atoms with Crippen LogP contribution in [0, 0.1) is 5.92 Å². The van der Waals surface area contributed by atoms with Crippen molar-refractivity contribution in [3.8, 4) is 11.5 Å². The Bertz CT molecular complexity index is 902. The van der Waals surface area contributed by atoms with Crippen molar-refractivity contribution in [2.75, 3.05) is 13.7 Å². The lowest BCUT2D eigenvalue weighted by Crippen LogP contribution is -2.20. The van der Waals surface area contributed by atoms with Gasteiger partial charge in [0.1, 0.15) is 5.82 Å². The van der Waals surface area contributed by atoms with Crippen molar-refractivity contribution in [2.24, 2.45) is 13.0 Å². The van der Waals surface area contributed by atoms with Crippen LogP contribution in [0.1, 0.15) is 38.2 Å². The van der Waals surface area contributed by atoms with Crippen LogP contribution < -0.4 is 14.8 Å². The summed E-state index contributed by atoms with van der Waals surface area (Å²) >= 11 is 0. The minimum absolute atomic E-state index is 0.165. The molecule has 5 nitrogen and oxygen atoms in total. The van der Waals surface area contributed by atoms with Gasteiger partial charge in [-0.1, -0.05) is 32.0 Å². The summed E-state index contributed by atoms with van der Waals surface area (Å²) in [6, 6.07) is 14.5. The summed E-state index contributed by atoms with van der Waals surface area (Å²) in [4.78, 5) is 4.72. The average Bonchev–Trinajstić information content (AvgIpc) is 3.00. The van der Waals surface area contributed by atoms with E-state index in [-0.39, 0.29) is 6.04 Å². The molecular weight excluding hydrogens is 338 g/mol. The maximum absolute atomic E-state index is 5.84. The Morgan fingerprint density at radius 1 is 1.07 bits per heavy atom. The van der Waals surface area contributed by atoms with Crippen LogP contribution in [-0.4, -0.2) is 23.3 Å². The Balaban J connectivity index is 1.69. The summed E-state index contributed by atoms with van der Waals surface area (Å²) in [5.41, 5.74) is 3.33. The smallest absolute Gasteiger partial charge is 0.161 e. The molecule has 0 saturated heterocycles. The van der Waals surface area contributed by atoms with Crippen molar-refractivity contribution in [3.05, 3.63) is 53.9 Å². The second-order valence-electron chi connectivity index (χ2n) is 7.29. The van der Waals surface area contributed by atoms with Crippen molar-refractivity contribution < 1.29 is 9.47 Å². The van der Waals surface area contributed by atoms with Crippen LogP contribution in [0.25, 0.3) is 11.0 Å². The molecule has 27 heavy (non-hydrogen) atoms. The van der Waals surface area contributed by atoms with Gasteiger partial charge in [0.25, 0.3) is 0 Å². The van der Waals surface area contributed by atoms with Gasteiger partial charge in [-0.25, -0.2) is 4.98 Å². The summed E-state index contributed by atoms with van der Waals surface area (Å²) in [6.45, 7) is 7.78. The quantitative estimate of drug-likeness (QED) is 0.638. The van der Waals surface area contributed by atoms with E-state index < -0.39 is 0 Å². The number of para-hydroxylation sites is 2. The molecule has 0 saturated carbocycles. The average molecular weight is 367 g/mol. The molecule has 1 aromatic heterocycles. The molecule has 144 valence electrons. The van der Waals surface area contributed by atoms with Crippen LogP contribution in [0.5, 0.6) is 11.5 Å². The van der Waals surface area contributed by atoms with Crippen LogP contribution in [-0.2, 0) is 13.6 Å². The van der Waals surface area contributed by atoms with Crippen LogP contribution >= 0.6 is 0 Å². The minimum Gasteiger partial charge on any atom is -0.493 e. The van der Waals surface area contributed by atoms with E-state index in [0.717, 1.165) is 33.9 Å². The van der Waals surface area contributed by atoms with E-state index in [0.29, 0.717) is 19.1 Å². The Morgan fingerprint density at radius 3 is 2.56 bits per heavy atom. The van der Waals surface area contributed by atoms with Crippen molar-refractivity contribution in [3.63, 3.8) is 0 Å². The van der Waals surface area contributed by atoms with E-state index in [4.69, 9.17) is 14.5 Å². The van der Waals surface area contributed by atoms with Gasteiger partial charge in [-0.05, 0) is 42.7 Å². The number of nitrogens with one attached hydrogen (secondary N) is 1. The topological polar surface area (TPSA) is 48.3 Å². The fraction of sp³-hybridized carbons (Fsp3) is 0.409. The number of rotatable bonds is 8. The summed E-state index contributed by atoms with van der Waals surface area (Å²) in [5.74, 6) is 3.05. The number of aromatic nitrogens is 2. The third kappa shape index (κ3) is 4.42. The number of fused-ring (bicyclic) bond motifs is 1. The van der Waals surface area contributed by atoms with E-state index in [1.54, 1.807) is 7.11 Å². The largest absolute Gasteiger partial charge is 0.493 e. The zero-order valence-corrected chi connectivity index (χ0v) is 16.8. The van der Waals surface area contributed by atoms with E-state index in [1.165, 1.54) is 0 Å². The molecule has 0 bridgehead atoms. The molecule has 0 fully saturated rings. The number of imidazole rings is 1. The van der Waals surface area contributed by atoms with Crippen LogP contribution in [0.2, 0.25) is 0 Å². The molecule has 0 aliphatic carbocycles. The summed E-state index contributed by atoms with van der Waals surface area (Å²) < 4.78 is 13.5. The van der Waals surface area contributed by atoms with Crippen molar-refractivity contribution >= 4 is 11.0 Å². The summed E-state index contributed by atoms with van der Waals surface area (Å²) in [7, 11) is 3.74. The van der Waals surface area contributed by atoms with Gasteiger partial charge in [-0.2, -0.15) is 0 Å². The number of benzene rings is 2. The first-order valence-corrected chi connectivity index (χ1v) is 9.44. The summed E-state index contributed by atoms with van der Waals surface area (Å²) in [5, 5.41) is 3.56. The number of methoxy groups -OCH3 is 1. The molecule has 2 aromatic carbocycles. The van der Waals surface area contributed by atoms with Gasteiger partial charge in [-0.15, -0.1) is 0 Å². The Kier molecular flexibility index (Phi) is 6.01. The predicted octanol–water partition coefficient (Wildman–Crippen LogP) is 4.47. The maximum Gasteiger partial charge on any atom is 0.161 e. The molecule has 0 radical (unpaired) electrons. The Hall–Kier alpha value is -2.53. The second-order valence-corrected chi connectivity index (χ2v) is 7.29. The third-order valence-corrected chi connectivity index (χ3v) is 4.71. The van der Waals surface area contributed by atoms with Crippen molar-refractivity contribution in [2.45, 2.75) is 33.4 Å². The number of nitrogens with zero attached hydrogens (tertiary/aromatic N) is 2. The van der Waals surface area contributed by atoms with Crippen molar-refractivity contribution in [1.29, 1.82) is 0 Å². The lowest BCUT2D eigenvalue weighted by molar-refractivity contribution is 0.256. The fourth-order valence-corrected chi connectivity index (χ4v) is 3.04. The third-order valence-electron chi connectivity index (χ3n) is 4.71. The summed E-state index contributed by atoms with van der Waals surface area (Å²) in [6.07, 6.45) is 0. The molecule has 5 heteroatoms. The first kappa shape index (κ1) is 19.2. The molecule has 1 heterocycles. The lowest BCUT2D eigenvalue weighted by Gasteiger charge is -2.17. The molecule has 0 amide bonds. The Morgan fingerprint density at radius 2 is 1.85 bits per heavy atom. The van der Waals surface area contributed by atoms with Crippen molar-refractivity contribution in [1.82, 2.24) is 14.9 Å². The molecule has 0 aliphatic heterocycles. The molecule has 0 aliphatic rings. The van der Waals surface area contributed by atoms with Gasteiger partial charge in [0.15, 0.2) is 11.5 Å². The zero-order valence-electron chi connectivity index (χ0n) is 16.8. The SMILES string of the molecule is COc1cc(C(C)NCc2nc3ccccc3n2C)ccc1OCC(C)C. The fourth-order valence-electron chi connectivity index (χ4n) is 3.04. The van der Waals surface area contributed by atoms with Gasteiger partial charge in [0.05, 0.1) is 31.3 Å². The zero-order chi connectivity index (χ0) is 19.4. The lowest BCUT2D eigenvalue weighted by atomic mass is 10.1. The van der Waals surface area contributed by atoms with Crippen LogP contribution in [0.3, 0.4) is 0 Å². The monoisotopic (exact) mass is 367 g/mol. The number of hydrogen-bond donors (Lipinski definition) is 1. The molecule has 0 spiro atoms. The number of ether oxygens (including phenoxy) is 2. The van der Waals surface area contributed by atoms with E-state index in [1.807, 2.05) is 30.3 Å². The normalized spacial score (nSPS) is 12.5. The van der Waals surface area contributed by atoms with Gasteiger partial charge >= 0.3 is 0 Å². The second kappa shape index (κ2) is 8.44. The highest BCUT2D eigenvalue weighted by atomic mass is 16.5. The number of aryl methyl sites for hydroxylation is 1. The van der Waals surface area contributed by atoms with E-state index in [9.17, 15) is 0 Å². The van der Waals surface area contributed by atoms with E-state index in [2.05, 4.69) is 49.8 Å². The van der Waals surface area contributed by atoms with Crippen LogP contribution in [0.15, 0.2) is 42.5 Å². The Labute approximate surface area is 161 Å². The maximum atomic E-state index is 5.84. The number of hydrogen-bond acceptors (Lipinski definition) is 4. The first-order valence-electron chi connectivity index (χ1n) is 9.44. The molecule has 1 N–H and O–H groups in total. The highest BCUT2D eigenvalue weighted by molar-refractivity contribution is 5.75. The van der Waals surface area contributed by atoms with Gasteiger partial charge < -0.3 is 19.4 Å². The molecule has 1 atom stereocenters. The minimum atomic E-state index is 0.165. The van der Waals surface area contributed by atoms with Gasteiger partial charge in [0, 0.05) is 13.1 Å². The molecule has 1 unspecified atom stereocenters. The molecular formula is C22H29N3O2. The van der Waals surface area contributed by atoms with E-state index >= 15 is 0 Å². The van der Waals surface area contributed by atoms with Gasteiger partial charge in [-0.3, -0.25) is 0 Å². The highest BCUT2D eigenvalue weighted by Crippen LogP contribution is 2.30. The highest BCUT2D eigenvalue weighted by Gasteiger charge is 2.13. The first-order chi connectivity index (χ1) is 13.0. The standard InChI is InChI=1S/C22H29N3O2/c1-15(2)14-27-20-11-10-17(12-21(20)26-5)16(3)23-13-22-24-18-8-6-7-9-19(18)25(22)4/h6-12,15-16,23H,13-14H2,1-5H3. The van der Waals surface area contributed by atoms with Gasteiger partial charge in [0.2, 0.25) is 0 Å².